The molecule has 0 aliphatic carbocycles. The SMILES string of the molecule is CC(OCCCNC(=O)c1ccc2c(c1)C(=O)N(C)C2=O)c1ccccc1. The number of nitrogens with zero attached hydrogens (tertiary/aromatic N) is 1. The van der Waals surface area contributed by atoms with Gasteiger partial charge in [-0.25, -0.2) is 0 Å². The van der Waals surface area contributed by atoms with E-state index in [1.54, 1.807) is 6.07 Å². The smallest absolute Gasteiger partial charge is 0.261 e. The zero-order chi connectivity index (χ0) is 19.4. The number of carbonyl (C=O) groups is 3. The van der Waals surface area contributed by atoms with Crippen LogP contribution in [-0.4, -0.2) is 42.8 Å². The Hall–Kier alpha value is -2.99. The number of amides is 3. The van der Waals surface area contributed by atoms with Gasteiger partial charge in [0.1, 0.15) is 0 Å². The van der Waals surface area contributed by atoms with Crippen LogP contribution in [-0.2, 0) is 4.74 Å². The lowest BCUT2D eigenvalue weighted by molar-refractivity contribution is 0.0634. The van der Waals surface area contributed by atoms with Crippen molar-refractivity contribution in [2.24, 2.45) is 0 Å². The highest BCUT2D eigenvalue weighted by Crippen LogP contribution is 2.22. The maximum Gasteiger partial charge on any atom is 0.261 e. The Morgan fingerprint density at radius 1 is 1.07 bits per heavy atom. The number of hydrogen-bond donors (Lipinski definition) is 1. The fraction of sp³-hybridized carbons (Fsp3) is 0.286. The van der Waals surface area contributed by atoms with Crippen molar-refractivity contribution >= 4 is 17.7 Å². The Kier molecular flexibility index (Phi) is 5.66. The minimum Gasteiger partial charge on any atom is -0.374 e. The first-order valence-corrected chi connectivity index (χ1v) is 8.90. The summed E-state index contributed by atoms with van der Waals surface area (Å²) in [7, 11) is 1.43. The third kappa shape index (κ3) is 4.06. The average molecular weight is 366 g/mol. The largest absolute Gasteiger partial charge is 0.374 e. The van der Waals surface area contributed by atoms with Gasteiger partial charge in [0.25, 0.3) is 17.7 Å². The van der Waals surface area contributed by atoms with E-state index in [1.165, 1.54) is 19.2 Å². The molecule has 1 unspecified atom stereocenters. The van der Waals surface area contributed by atoms with Crippen LogP contribution in [0.3, 0.4) is 0 Å². The molecule has 2 aromatic rings. The van der Waals surface area contributed by atoms with Crippen LogP contribution in [0.1, 0.15) is 56.1 Å². The average Bonchev–Trinajstić information content (AvgIpc) is 2.92. The van der Waals surface area contributed by atoms with E-state index in [2.05, 4.69) is 5.32 Å². The van der Waals surface area contributed by atoms with Gasteiger partial charge in [-0.1, -0.05) is 30.3 Å². The van der Waals surface area contributed by atoms with E-state index in [9.17, 15) is 14.4 Å². The summed E-state index contributed by atoms with van der Waals surface area (Å²) in [6, 6.07) is 14.5. The molecule has 1 aliphatic rings. The van der Waals surface area contributed by atoms with Crippen LogP contribution >= 0.6 is 0 Å². The molecule has 140 valence electrons. The summed E-state index contributed by atoms with van der Waals surface area (Å²) in [5.74, 6) is -0.997. The molecule has 0 bridgehead atoms. The van der Waals surface area contributed by atoms with Gasteiger partial charge in [-0.15, -0.1) is 0 Å². The zero-order valence-corrected chi connectivity index (χ0v) is 15.4. The molecule has 0 saturated carbocycles. The van der Waals surface area contributed by atoms with Crippen LogP contribution in [0.15, 0.2) is 48.5 Å². The number of benzene rings is 2. The van der Waals surface area contributed by atoms with Crippen molar-refractivity contribution in [1.82, 2.24) is 10.2 Å². The van der Waals surface area contributed by atoms with E-state index in [4.69, 9.17) is 4.74 Å². The second kappa shape index (κ2) is 8.14. The predicted molar refractivity (Wildman–Crippen MR) is 101 cm³/mol. The van der Waals surface area contributed by atoms with Crippen LogP contribution in [0.5, 0.6) is 0 Å². The Labute approximate surface area is 158 Å². The highest BCUT2D eigenvalue weighted by atomic mass is 16.5. The van der Waals surface area contributed by atoms with E-state index in [0.717, 1.165) is 10.5 Å². The lowest BCUT2D eigenvalue weighted by Crippen LogP contribution is -2.25. The molecule has 27 heavy (non-hydrogen) atoms. The Morgan fingerprint density at radius 3 is 2.52 bits per heavy atom. The molecule has 6 heteroatoms. The van der Waals surface area contributed by atoms with Crippen molar-refractivity contribution < 1.29 is 19.1 Å². The molecule has 1 aliphatic heterocycles. The van der Waals surface area contributed by atoms with Crippen LogP contribution < -0.4 is 5.32 Å². The number of nitrogens with one attached hydrogen (secondary N) is 1. The summed E-state index contributed by atoms with van der Waals surface area (Å²) < 4.78 is 5.77. The summed E-state index contributed by atoms with van der Waals surface area (Å²) >= 11 is 0. The molecule has 1 N–H and O–H groups in total. The molecular weight excluding hydrogens is 344 g/mol. The molecule has 0 aromatic heterocycles. The summed E-state index contributed by atoms with van der Waals surface area (Å²) in [6.45, 7) is 2.98. The number of imide groups is 1. The van der Waals surface area contributed by atoms with E-state index in [1.807, 2.05) is 37.3 Å². The molecule has 0 radical (unpaired) electrons. The lowest BCUT2D eigenvalue weighted by atomic mass is 10.1. The molecule has 0 saturated heterocycles. The van der Waals surface area contributed by atoms with Gasteiger partial charge in [0, 0.05) is 25.8 Å². The third-order valence-corrected chi connectivity index (χ3v) is 4.60. The van der Waals surface area contributed by atoms with Crippen LogP contribution in [0, 0.1) is 0 Å². The van der Waals surface area contributed by atoms with Gasteiger partial charge in [-0.05, 0) is 37.1 Å². The van der Waals surface area contributed by atoms with Gasteiger partial charge < -0.3 is 10.1 Å². The Morgan fingerprint density at radius 2 is 1.78 bits per heavy atom. The molecule has 2 aromatic carbocycles. The van der Waals surface area contributed by atoms with Gasteiger partial charge >= 0.3 is 0 Å². The van der Waals surface area contributed by atoms with Gasteiger partial charge in [-0.2, -0.15) is 0 Å². The van der Waals surface area contributed by atoms with Crippen molar-refractivity contribution in [3.8, 4) is 0 Å². The van der Waals surface area contributed by atoms with E-state index in [-0.39, 0.29) is 29.4 Å². The molecule has 3 amide bonds. The van der Waals surface area contributed by atoms with E-state index in [0.29, 0.717) is 30.7 Å². The lowest BCUT2D eigenvalue weighted by Gasteiger charge is -2.13. The van der Waals surface area contributed by atoms with Crippen LogP contribution in [0.4, 0.5) is 0 Å². The summed E-state index contributed by atoms with van der Waals surface area (Å²) in [5.41, 5.74) is 2.09. The van der Waals surface area contributed by atoms with Gasteiger partial charge in [0.05, 0.1) is 17.2 Å². The molecule has 1 atom stereocenters. The van der Waals surface area contributed by atoms with Crippen molar-refractivity contribution in [1.29, 1.82) is 0 Å². The summed E-state index contributed by atoms with van der Waals surface area (Å²) in [4.78, 5) is 37.2. The van der Waals surface area contributed by atoms with Gasteiger partial charge in [0.2, 0.25) is 0 Å². The predicted octanol–water partition coefficient (Wildman–Crippen LogP) is 2.81. The molecular formula is C21H22N2O4. The minimum absolute atomic E-state index is 0.000786. The molecule has 3 rings (SSSR count). The number of hydrogen-bond acceptors (Lipinski definition) is 4. The first kappa shape index (κ1) is 18.8. The zero-order valence-electron chi connectivity index (χ0n) is 15.4. The first-order chi connectivity index (χ1) is 13.0. The van der Waals surface area contributed by atoms with Gasteiger partial charge in [-0.3, -0.25) is 19.3 Å². The van der Waals surface area contributed by atoms with Crippen molar-refractivity contribution in [2.75, 3.05) is 20.2 Å². The number of ether oxygens (including phenoxy) is 1. The Bertz CT molecular complexity index is 864. The van der Waals surface area contributed by atoms with Crippen molar-refractivity contribution in [3.05, 3.63) is 70.8 Å². The molecule has 6 nitrogen and oxygen atoms in total. The fourth-order valence-electron chi connectivity index (χ4n) is 2.96. The molecule has 0 spiro atoms. The summed E-state index contributed by atoms with van der Waals surface area (Å²) in [5, 5.41) is 2.81. The standard InChI is InChI=1S/C21H22N2O4/c1-14(15-7-4-3-5-8-15)27-12-6-11-22-19(24)16-9-10-17-18(13-16)21(26)23(2)20(17)25/h3-5,7-10,13-14H,6,11-12H2,1-2H3,(H,22,24). The normalized spacial score (nSPS) is 14.2. The number of fused-ring (bicyclic) bond motifs is 1. The summed E-state index contributed by atoms with van der Waals surface area (Å²) in [6.07, 6.45) is 0.674. The van der Waals surface area contributed by atoms with Crippen LogP contribution in [0.2, 0.25) is 0 Å². The van der Waals surface area contributed by atoms with E-state index < -0.39 is 0 Å². The molecule has 0 fully saturated rings. The fourth-order valence-corrected chi connectivity index (χ4v) is 2.96. The quantitative estimate of drug-likeness (QED) is 0.604. The van der Waals surface area contributed by atoms with Gasteiger partial charge in [0.15, 0.2) is 0 Å². The van der Waals surface area contributed by atoms with Crippen LogP contribution in [0.25, 0.3) is 0 Å². The second-order valence-electron chi connectivity index (χ2n) is 6.46. The monoisotopic (exact) mass is 366 g/mol. The first-order valence-electron chi connectivity index (χ1n) is 8.90. The van der Waals surface area contributed by atoms with Crippen molar-refractivity contribution in [2.45, 2.75) is 19.4 Å². The van der Waals surface area contributed by atoms with E-state index >= 15 is 0 Å². The highest BCUT2D eigenvalue weighted by Gasteiger charge is 2.33. The Balaban J connectivity index is 1.47. The minimum atomic E-state index is -0.382. The van der Waals surface area contributed by atoms with Crippen molar-refractivity contribution in [3.63, 3.8) is 0 Å². The maximum atomic E-state index is 12.3. The maximum absolute atomic E-state index is 12.3. The number of rotatable bonds is 7. The topological polar surface area (TPSA) is 75.7 Å². The number of carbonyl (C=O) groups excluding carboxylic acids is 3. The third-order valence-electron chi connectivity index (χ3n) is 4.60. The highest BCUT2D eigenvalue weighted by molar-refractivity contribution is 6.21. The second-order valence-corrected chi connectivity index (χ2v) is 6.46. The molecule has 1 heterocycles.